The maximum atomic E-state index is 12.6. The molecule has 3 N–H and O–H groups in total. The SMILES string of the molecule is NS(=O)(=O)c1cc(C(=O)NCc2cccc(C(F)(F)F)c2)cs1. The molecule has 0 unspecified atom stereocenters. The summed E-state index contributed by atoms with van der Waals surface area (Å²) in [6.45, 7) is -0.122. The maximum absolute atomic E-state index is 12.6. The fraction of sp³-hybridized carbons (Fsp3) is 0.154. The third-order valence-electron chi connectivity index (χ3n) is 2.83. The van der Waals surface area contributed by atoms with Crippen LogP contribution in [0.1, 0.15) is 21.5 Å². The van der Waals surface area contributed by atoms with Crippen LogP contribution in [0.5, 0.6) is 0 Å². The van der Waals surface area contributed by atoms with Gasteiger partial charge in [-0.15, -0.1) is 11.3 Å². The van der Waals surface area contributed by atoms with Crippen LogP contribution in [-0.2, 0) is 22.7 Å². The van der Waals surface area contributed by atoms with Crippen molar-refractivity contribution in [3.63, 3.8) is 0 Å². The lowest BCUT2D eigenvalue weighted by molar-refractivity contribution is -0.137. The van der Waals surface area contributed by atoms with Gasteiger partial charge in [0.05, 0.1) is 11.1 Å². The zero-order valence-corrected chi connectivity index (χ0v) is 13.1. The molecule has 5 nitrogen and oxygen atoms in total. The fourth-order valence-electron chi connectivity index (χ4n) is 1.73. The molecule has 0 spiro atoms. The third kappa shape index (κ3) is 4.53. The Hall–Kier alpha value is -1.91. The number of hydrogen-bond donors (Lipinski definition) is 2. The zero-order valence-electron chi connectivity index (χ0n) is 11.4. The first kappa shape index (κ1) is 17.4. The van der Waals surface area contributed by atoms with Gasteiger partial charge in [0.15, 0.2) is 0 Å². The van der Waals surface area contributed by atoms with Gasteiger partial charge in [-0.2, -0.15) is 13.2 Å². The van der Waals surface area contributed by atoms with E-state index >= 15 is 0 Å². The van der Waals surface area contributed by atoms with Gasteiger partial charge in [-0.05, 0) is 23.8 Å². The summed E-state index contributed by atoms with van der Waals surface area (Å²) in [5.41, 5.74) is -0.461. The summed E-state index contributed by atoms with van der Waals surface area (Å²) < 4.78 is 59.9. The van der Waals surface area contributed by atoms with Crippen LogP contribution in [0.25, 0.3) is 0 Å². The van der Waals surface area contributed by atoms with Gasteiger partial charge >= 0.3 is 6.18 Å². The van der Waals surface area contributed by atoms with E-state index in [9.17, 15) is 26.4 Å². The molecular weight excluding hydrogens is 353 g/mol. The molecule has 1 heterocycles. The predicted octanol–water partition coefficient (Wildman–Crippen LogP) is 2.34. The lowest BCUT2D eigenvalue weighted by Crippen LogP contribution is -2.22. The van der Waals surface area contributed by atoms with E-state index < -0.39 is 27.7 Å². The molecular formula is C13H11F3N2O3S2. The van der Waals surface area contributed by atoms with Crippen molar-refractivity contribution in [3.8, 4) is 0 Å². The number of benzene rings is 1. The number of alkyl halides is 3. The second kappa shape index (κ2) is 6.30. The number of halogens is 3. The van der Waals surface area contributed by atoms with Gasteiger partial charge in [-0.25, -0.2) is 13.6 Å². The highest BCUT2D eigenvalue weighted by atomic mass is 32.2. The molecule has 1 aromatic heterocycles. The topological polar surface area (TPSA) is 89.3 Å². The minimum absolute atomic E-state index is 0.0750. The van der Waals surface area contributed by atoms with Crippen molar-refractivity contribution in [3.05, 3.63) is 52.4 Å². The van der Waals surface area contributed by atoms with Crippen LogP contribution in [0.3, 0.4) is 0 Å². The fourth-order valence-corrected chi connectivity index (χ4v) is 3.31. The molecule has 1 amide bonds. The van der Waals surface area contributed by atoms with Crippen LogP contribution >= 0.6 is 11.3 Å². The standard InChI is InChI=1S/C13H11F3N2O3S2/c14-13(15,16)10-3-1-2-8(4-10)6-18-12(19)9-5-11(22-7-9)23(17,20)21/h1-5,7H,6H2,(H,18,19)(H2,17,20,21). The predicted molar refractivity (Wildman–Crippen MR) is 78.3 cm³/mol. The second-order valence-corrected chi connectivity index (χ2v) is 7.28. The number of nitrogens with one attached hydrogen (secondary N) is 1. The molecule has 2 rings (SSSR count). The van der Waals surface area contributed by atoms with E-state index in [0.29, 0.717) is 0 Å². The monoisotopic (exact) mass is 364 g/mol. The lowest BCUT2D eigenvalue weighted by atomic mass is 10.1. The Balaban J connectivity index is 2.06. The van der Waals surface area contributed by atoms with Gasteiger partial charge in [0, 0.05) is 11.9 Å². The van der Waals surface area contributed by atoms with Crippen molar-refractivity contribution in [1.29, 1.82) is 0 Å². The Labute approximate surface area is 134 Å². The largest absolute Gasteiger partial charge is 0.416 e. The van der Waals surface area contributed by atoms with Crippen LogP contribution in [0.15, 0.2) is 39.9 Å². The van der Waals surface area contributed by atoms with Crippen LogP contribution in [0.2, 0.25) is 0 Å². The summed E-state index contributed by atoms with van der Waals surface area (Å²) >= 11 is 0.790. The van der Waals surface area contributed by atoms with E-state index in [2.05, 4.69) is 5.32 Å². The van der Waals surface area contributed by atoms with Gasteiger partial charge in [0.1, 0.15) is 4.21 Å². The first-order valence-electron chi connectivity index (χ1n) is 6.13. The number of nitrogens with two attached hydrogens (primary N) is 1. The summed E-state index contributed by atoms with van der Waals surface area (Å²) in [7, 11) is -3.89. The Bertz CT molecular complexity index is 829. The molecule has 0 aliphatic rings. The molecule has 0 aliphatic heterocycles. The van der Waals surface area contributed by atoms with Crippen LogP contribution in [0, 0.1) is 0 Å². The molecule has 0 saturated carbocycles. The van der Waals surface area contributed by atoms with Gasteiger partial charge in [0.2, 0.25) is 10.0 Å². The highest BCUT2D eigenvalue weighted by Crippen LogP contribution is 2.29. The molecule has 0 aliphatic carbocycles. The summed E-state index contributed by atoms with van der Waals surface area (Å²) in [6, 6.07) is 5.67. The normalized spacial score (nSPS) is 12.2. The number of sulfonamides is 1. The Kier molecular flexibility index (Phi) is 4.78. The summed E-state index contributed by atoms with van der Waals surface area (Å²) in [5.74, 6) is -0.603. The van der Waals surface area contributed by atoms with Crippen molar-refractivity contribution < 1.29 is 26.4 Å². The van der Waals surface area contributed by atoms with Crippen molar-refractivity contribution in [2.45, 2.75) is 16.9 Å². The highest BCUT2D eigenvalue weighted by molar-refractivity contribution is 7.91. The minimum Gasteiger partial charge on any atom is -0.348 e. The molecule has 0 bridgehead atoms. The van der Waals surface area contributed by atoms with Crippen molar-refractivity contribution in [2.75, 3.05) is 0 Å². The number of primary sulfonamides is 1. The molecule has 0 radical (unpaired) electrons. The van der Waals surface area contributed by atoms with Gasteiger partial charge in [-0.1, -0.05) is 12.1 Å². The molecule has 23 heavy (non-hydrogen) atoms. The van der Waals surface area contributed by atoms with E-state index in [1.165, 1.54) is 17.5 Å². The average Bonchev–Trinajstić information content (AvgIpc) is 2.94. The van der Waals surface area contributed by atoms with Crippen molar-refractivity contribution in [1.82, 2.24) is 5.32 Å². The van der Waals surface area contributed by atoms with Crippen LogP contribution < -0.4 is 10.5 Å². The summed E-state index contributed by atoms with van der Waals surface area (Å²) in [5, 5.41) is 8.67. The van der Waals surface area contributed by atoms with Crippen LogP contribution in [-0.4, -0.2) is 14.3 Å². The van der Waals surface area contributed by atoms with E-state index in [1.807, 2.05) is 0 Å². The molecule has 0 saturated heterocycles. The van der Waals surface area contributed by atoms with Gasteiger partial charge in [-0.3, -0.25) is 4.79 Å². The van der Waals surface area contributed by atoms with E-state index in [4.69, 9.17) is 5.14 Å². The summed E-state index contributed by atoms with van der Waals surface area (Å²) in [4.78, 5) is 11.9. The zero-order chi connectivity index (χ0) is 17.3. The second-order valence-electron chi connectivity index (χ2n) is 4.58. The van der Waals surface area contributed by atoms with Crippen LogP contribution in [0.4, 0.5) is 13.2 Å². The average molecular weight is 364 g/mol. The molecule has 1 aromatic carbocycles. The van der Waals surface area contributed by atoms with Gasteiger partial charge in [0.25, 0.3) is 5.91 Å². The molecule has 124 valence electrons. The first-order chi connectivity index (χ1) is 10.6. The number of amides is 1. The summed E-state index contributed by atoms with van der Waals surface area (Å²) in [6.07, 6.45) is -4.46. The van der Waals surface area contributed by atoms with E-state index in [0.717, 1.165) is 29.5 Å². The van der Waals surface area contributed by atoms with Gasteiger partial charge < -0.3 is 5.32 Å². The minimum atomic E-state index is -4.46. The number of hydrogen-bond acceptors (Lipinski definition) is 4. The molecule has 0 atom stereocenters. The first-order valence-corrected chi connectivity index (χ1v) is 8.55. The third-order valence-corrected chi connectivity index (χ3v) is 5.21. The van der Waals surface area contributed by atoms with Crippen molar-refractivity contribution >= 4 is 27.3 Å². The molecule has 10 heteroatoms. The number of thiophene rings is 1. The highest BCUT2D eigenvalue weighted by Gasteiger charge is 2.30. The Morgan fingerprint density at radius 3 is 2.52 bits per heavy atom. The smallest absolute Gasteiger partial charge is 0.348 e. The Morgan fingerprint density at radius 2 is 1.96 bits per heavy atom. The quantitative estimate of drug-likeness (QED) is 0.873. The maximum Gasteiger partial charge on any atom is 0.416 e. The molecule has 2 aromatic rings. The molecule has 0 fully saturated rings. The van der Waals surface area contributed by atoms with Crippen molar-refractivity contribution in [2.24, 2.45) is 5.14 Å². The van der Waals surface area contributed by atoms with E-state index in [-0.39, 0.29) is 21.9 Å². The lowest BCUT2D eigenvalue weighted by Gasteiger charge is -2.09. The van der Waals surface area contributed by atoms with E-state index in [1.54, 1.807) is 0 Å². The number of carbonyl (C=O) groups excluding carboxylic acids is 1. The number of rotatable bonds is 4. The Morgan fingerprint density at radius 1 is 1.26 bits per heavy atom. The number of carbonyl (C=O) groups is 1.